The van der Waals surface area contributed by atoms with E-state index in [9.17, 15) is 0 Å². The lowest BCUT2D eigenvalue weighted by molar-refractivity contribution is 0.554. The van der Waals surface area contributed by atoms with Gasteiger partial charge in [-0.25, -0.2) is 0 Å². The molecule has 1 nitrogen and oxygen atoms in total. The fourth-order valence-electron chi connectivity index (χ4n) is 3.09. The highest BCUT2D eigenvalue weighted by Gasteiger charge is 2.25. The van der Waals surface area contributed by atoms with Crippen LogP contribution in [0.25, 0.3) is 0 Å². The molecule has 20 heavy (non-hydrogen) atoms. The van der Waals surface area contributed by atoms with Crippen molar-refractivity contribution in [3.05, 3.63) is 0 Å². The molecule has 0 aliphatic rings. The lowest BCUT2D eigenvalue weighted by Crippen LogP contribution is -2.49. The summed E-state index contributed by atoms with van der Waals surface area (Å²) in [5, 5.41) is 0. The van der Waals surface area contributed by atoms with Crippen molar-refractivity contribution in [1.29, 1.82) is 0 Å². The van der Waals surface area contributed by atoms with Gasteiger partial charge >= 0.3 is 0 Å². The molecule has 0 heterocycles. The Morgan fingerprint density at radius 3 is 1.35 bits per heavy atom. The van der Waals surface area contributed by atoms with Crippen molar-refractivity contribution < 1.29 is 0 Å². The van der Waals surface area contributed by atoms with Gasteiger partial charge in [0.25, 0.3) is 0 Å². The first kappa shape index (κ1) is 20.2. The van der Waals surface area contributed by atoms with E-state index in [1.165, 1.54) is 88.9 Å². The van der Waals surface area contributed by atoms with Crippen LogP contribution in [0.4, 0.5) is 0 Å². The van der Waals surface area contributed by atoms with Crippen LogP contribution in [0.2, 0.25) is 18.1 Å². The maximum absolute atomic E-state index is 3.95. The zero-order valence-electron chi connectivity index (χ0n) is 14.9. The van der Waals surface area contributed by atoms with Gasteiger partial charge in [-0.3, -0.25) is 0 Å². The zero-order chi connectivity index (χ0) is 15.1. The molecule has 0 spiro atoms. The largest absolute Gasteiger partial charge is 0.337 e. The number of unbranched alkanes of at least 4 members (excludes halogenated alkanes) is 9. The Kier molecular flexibility index (Phi) is 14.3. The van der Waals surface area contributed by atoms with Crippen molar-refractivity contribution in [2.45, 2.75) is 110 Å². The van der Waals surface area contributed by atoms with Gasteiger partial charge in [-0.1, -0.05) is 85.5 Å². The molecule has 0 rings (SSSR count). The molecule has 0 radical (unpaired) electrons. The van der Waals surface area contributed by atoms with Gasteiger partial charge in [0, 0.05) is 0 Å². The Morgan fingerprint density at radius 1 is 0.550 bits per heavy atom. The van der Waals surface area contributed by atoms with Crippen LogP contribution >= 0.6 is 0 Å². The van der Waals surface area contributed by atoms with Crippen LogP contribution in [-0.2, 0) is 0 Å². The van der Waals surface area contributed by atoms with Crippen molar-refractivity contribution in [1.82, 2.24) is 4.98 Å². The number of rotatable bonds is 15. The molecule has 0 saturated heterocycles. The Hall–Kier alpha value is 0.177. The van der Waals surface area contributed by atoms with Gasteiger partial charge in [0.15, 0.2) is 0 Å². The summed E-state index contributed by atoms with van der Waals surface area (Å²) < 4.78 is 0. The summed E-state index contributed by atoms with van der Waals surface area (Å²) >= 11 is 0. The van der Waals surface area contributed by atoms with E-state index < -0.39 is 8.24 Å². The minimum Gasteiger partial charge on any atom is -0.337 e. The van der Waals surface area contributed by atoms with E-state index in [0.717, 1.165) is 0 Å². The van der Waals surface area contributed by atoms with E-state index in [-0.39, 0.29) is 0 Å². The van der Waals surface area contributed by atoms with Gasteiger partial charge in [-0.15, -0.1) is 0 Å². The van der Waals surface area contributed by atoms with Gasteiger partial charge in [0.05, 0.1) is 0 Å². The van der Waals surface area contributed by atoms with Crippen LogP contribution in [0.3, 0.4) is 0 Å². The van der Waals surface area contributed by atoms with Crippen LogP contribution < -0.4 is 4.98 Å². The normalized spacial score (nSPS) is 12.0. The maximum Gasteiger partial charge on any atom is 0.124 e. The molecule has 122 valence electrons. The SMILES string of the molecule is CCCCCCCCCCCCN[Si](CC)(CC)CC. The monoisotopic (exact) mass is 299 g/mol. The first-order valence-corrected chi connectivity index (χ1v) is 12.1. The van der Waals surface area contributed by atoms with E-state index in [4.69, 9.17) is 0 Å². The lowest BCUT2D eigenvalue weighted by atomic mass is 10.1. The number of nitrogens with one attached hydrogen (secondary N) is 1. The minimum atomic E-state index is -1.06. The van der Waals surface area contributed by atoms with Crippen LogP contribution in [0.1, 0.15) is 91.9 Å². The van der Waals surface area contributed by atoms with Crippen molar-refractivity contribution in [2.24, 2.45) is 0 Å². The second kappa shape index (κ2) is 14.1. The minimum absolute atomic E-state index is 1.06. The lowest BCUT2D eigenvalue weighted by Gasteiger charge is -2.29. The molecule has 0 fully saturated rings. The highest BCUT2D eigenvalue weighted by molar-refractivity contribution is 6.77. The van der Waals surface area contributed by atoms with Crippen molar-refractivity contribution >= 4 is 8.24 Å². The molecule has 0 aromatic carbocycles. The molecule has 0 amide bonds. The topological polar surface area (TPSA) is 12.0 Å². The summed E-state index contributed by atoms with van der Waals surface area (Å²) in [5.41, 5.74) is 0. The summed E-state index contributed by atoms with van der Waals surface area (Å²) in [6.45, 7) is 10.7. The summed E-state index contributed by atoms with van der Waals surface area (Å²) in [6, 6.07) is 4.20. The Balaban J connectivity index is 3.32. The van der Waals surface area contributed by atoms with E-state index in [2.05, 4.69) is 32.7 Å². The Labute approximate surface area is 130 Å². The average Bonchev–Trinajstić information content (AvgIpc) is 2.49. The Morgan fingerprint density at radius 2 is 0.950 bits per heavy atom. The van der Waals surface area contributed by atoms with Crippen molar-refractivity contribution in [3.8, 4) is 0 Å². The van der Waals surface area contributed by atoms with E-state index >= 15 is 0 Å². The van der Waals surface area contributed by atoms with Crippen molar-refractivity contribution in [3.63, 3.8) is 0 Å². The highest BCUT2D eigenvalue weighted by Crippen LogP contribution is 2.16. The molecule has 0 aliphatic heterocycles. The molecule has 0 aliphatic carbocycles. The third-order valence-corrected chi connectivity index (χ3v) is 10.1. The predicted octanol–water partition coefficient (Wildman–Crippen LogP) is 6.50. The van der Waals surface area contributed by atoms with Crippen LogP contribution in [0.5, 0.6) is 0 Å². The van der Waals surface area contributed by atoms with E-state index in [0.29, 0.717) is 0 Å². The van der Waals surface area contributed by atoms with Crippen LogP contribution in [0.15, 0.2) is 0 Å². The summed E-state index contributed by atoms with van der Waals surface area (Å²) in [7, 11) is -1.06. The average molecular weight is 300 g/mol. The first-order valence-electron chi connectivity index (χ1n) is 9.49. The molecule has 0 aromatic heterocycles. The molecular weight excluding hydrogens is 258 g/mol. The fourth-order valence-corrected chi connectivity index (χ4v) is 6.05. The zero-order valence-corrected chi connectivity index (χ0v) is 15.9. The van der Waals surface area contributed by atoms with Crippen LogP contribution in [-0.4, -0.2) is 14.8 Å². The second-order valence-corrected chi connectivity index (χ2v) is 11.5. The smallest absolute Gasteiger partial charge is 0.124 e. The summed E-state index contributed by atoms with van der Waals surface area (Å²) in [6.07, 6.45) is 14.4. The van der Waals surface area contributed by atoms with E-state index in [1.54, 1.807) is 0 Å². The number of hydrogen-bond donors (Lipinski definition) is 1. The molecule has 0 bridgehead atoms. The maximum atomic E-state index is 3.95. The molecular formula is C18H41NSi. The fraction of sp³-hybridized carbons (Fsp3) is 1.00. The van der Waals surface area contributed by atoms with Crippen molar-refractivity contribution in [2.75, 3.05) is 6.54 Å². The number of hydrogen-bond acceptors (Lipinski definition) is 1. The first-order chi connectivity index (χ1) is 9.74. The van der Waals surface area contributed by atoms with Gasteiger partial charge in [0.1, 0.15) is 8.24 Å². The third kappa shape index (κ3) is 9.98. The molecule has 0 unspecified atom stereocenters. The molecule has 0 atom stereocenters. The van der Waals surface area contributed by atoms with Crippen LogP contribution in [0, 0.1) is 0 Å². The summed E-state index contributed by atoms with van der Waals surface area (Å²) in [4.78, 5) is 3.95. The predicted molar refractivity (Wildman–Crippen MR) is 97.0 cm³/mol. The highest BCUT2D eigenvalue weighted by atomic mass is 28.3. The van der Waals surface area contributed by atoms with Gasteiger partial charge in [-0.05, 0) is 31.1 Å². The summed E-state index contributed by atoms with van der Waals surface area (Å²) in [5.74, 6) is 0. The van der Waals surface area contributed by atoms with Gasteiger partial charge in [0.2, 0.25) is 0 Å². The molecule has 2 heteroatoms. The third-order valence-electron chi connectivity index (χ3n) is 5.06. The molecule has 1 N–H and O–H groups in total. The quantitative estimate of drug-likeness (QED) is 0.269. The molecule has 0 saturated carbocycles. The van der Waals surface area contributed by atoms with Gasteiger partial charge in [-0.2, -0.15) is 0 Å². The Bertz CT molecular complexity index is 182. The second-order valence-electron chi connectivity index (χ2n) is 6.45. The van der Waals surface area contributed by atoms with E-state index in [1.807, 2.05) is 0 Å². The standard InChI is InChI=1S/C18H41NSi/c1-5-9-10-11-12-13-14-15-16-17-18-19-20(6-2,7-3)8-4/h19H,5-18H2,1-4H3. The molecule has 0 aromatic rings. The van der Waals surface area contributed by atoms with Gasteiger partial charge < -0.3 is 4.98 Å².